The highest BCUT2D eigenvalue weighted by molar-refractivity contribution is 5.88. The van der Waals surface area contributed by atoms with Gasteiger partial charge in [0.05, 0.1) is 11.6 Å². The molecule has 1 atom stereocenters. The van der Waals surface area contributed by atoms with Crippen molar-refractivity contribution < 1.29 is 23.5 Å². The van der Waals surface area contributed by atoms with Crippen LogP contribution < -0.4 is 0 Å². The van der Waals surface area contributed by atoms with Gasteiger partial charge in [0.25, 0.3) is 0 Å². The van der Waals surface area contributed by atoms with Gasteiger partial charge in [0.15, 0.2) is 0 Å². The van der Waals surface area contributed by atoms with E-state index >= 15 is 0 Å². The predicted octanol–water partition coefficient (Wildman–Crippen LogP) is 4.93. The fourth-order valence-corrected chi connectivity index (χ4v) is 2.04. The van der Waals surface area contributed by atoms with Crippen molar-refractivity contribution in [3.63, 3.8) is 0 Å². The molecule has 0 N–H and O–H groups in total. The Labute approximate surface area is 153 Å². The van der Waals surface area contributed by atoms with E-state index in [1.165, 1.54) is 12.1 Å². The van der Waals surface area contributed by atoms with Crippen molar-refractivity contribution in [3.8, 4) is 6.07 Å². The van der Waals surface area contributed by atoms with Crippen LogP contribution in [0.5, 0.6) is 0 Å². The maximum Gasteiger partial charge on any atom is 0.420 e. The van der Waals surface area contributed by atoms with E-state index in [4.69, 9.17) is 14.7 Å². The van der Waals surface area contributed by atoms with E-state index in [0.29, 0.717) is 5.56 Å². The van der Waals surface area contributed by atoms with Crippen molar-refractivity contribution in [3.05, 3.63) is 35.1 Å². The Balaban J connectivity index is 3.26. The molecule has 6 nitrogen and oxygen atoms in total. The largest absolute Gasteiger partial charge is 0.443 e. The third-order valence-corrected chi connectivity index (χ3v) is 3.16. The molecule has 142 valence electrons. The first-order valence-corrected chi connectivity index (χ1v) is 8.20. The summed E-state index contributed by atoms with van der Waals surface area (Å²) < 4.78 is 24.5. The molecule has 0 saturated heterocycles. The van der Waals surface area contributed by atoms with Crippen LogP contribution in [0.1, 0.15) is 65.6 Å². The summed E-state index contributed by atoms with van der Waals surface area (Å²) >= 11 is 0. The van der Waals surface area contributed by atoms with Crippen molar-refractivity contribution >= 4 is 12.2 Å². The summed E-state index contributed by atoms with van der Waals surface area (Å²) in [6.07, 6.45) is -1.80. The minimum Gasteiger partial charge on any atom is -0.443 e. The highest BCUT2D eigenvalue weighted by atomic mass is 19.1. The van der Waals surface area contributed by atoms with Crippen molar-refractivity contribution in [2.75, 3.05) is 0 Å². The summed E-state index contributed by atoms with van der Waals surface area (Å²) in [5.74, 6) is -0.731. The number of amides is 2. The van der Waals surface area contributed by atoms with Gasteiger partial charge in [-0.15, -0.1) is 0 Å². The topological polar surface area (TPSA) is 79.6 Å². The second-order valence-electron chi connectivity index (χ2n) is 7.86. The summed E-state index contributed by atoms with van der Waals surface area (Å²) in [5, 5.41) is 8.84. The molecule has 0 aliphatic carbocycles. The van der Waals surface area contributed by atoms with Crippen LogP contribution in [0.25, 0.3) is 0 Å². The molecule has 0 radical (unpaired) electrons. The summed E-state index contributed by atoms with van der Waals surface area (Å²) in [6, 6.07) is 4.76. The predicted molar refractivity (Wildman–Crippen MR) is 93.8 cm³/mol. The zero-order valence-electron chi connectivity index (χ0n) is 16.2. The molecule has 0 heterocycles. The van der Waals surface area contributed by atoms with Gasteiger partial charge in [-0.3, -0.25) is 0 Å². The monoisotopic (exact) mass is 364 g/mol. The van der Waals surface area contributed by atoms with E-state index in [2.05, 4.69) is 0 Å². The zero-order chi connectivity index (χ0) is 20.3. The van der Waals surface area contributed by atoms with Crippen LogP contribution in [0.2, 0.25) is 0 Å². The van der Waals surface area contributed by atoms with Gasteiger partial charge in [-0.25, -0.2) is 18.9 Å². The van der Waals surface area contributed by atoms with Crippen LogP contribution >= 0.6 is 0 Å². The lowest BCUT2D eigenvalue weighted by Crippen LogP contribution is -2.44. The number of benzene rings is 1. The van der Waals surface area contributed by atoms with E-state index < -0.39 is 35.2 Å². The molecular formula is C19H25FN2O4. The Morgan fingerprint density at radius 2 is 1.54 bits per heavy atom. The van der Waals surface area contributed by atoms with Gasteiger partial charge in [0, 0.05) is 0 Å². The third kappa shape index (κ3) is 6.03. The molecule has 0 spiro atoms. The fraction of sp³-hybridized carbons (Fsp3) is 0.526. The van der Waals surface area contributed by atoms with Crippen LogP contribution in [-0.4, -0.2) is 28.3 Å². The average Bonchev–Trinajstić information content (AvgIpc) is 2.43. The first kappa shape index (κ1) is 21.4. The SMILES string of the molecule is CC(c1ccc(C#N)c(F)c1)N(C(=O)OC(C)(C)C)C(=O)OC(C)(C)C. The Hall–Kier alpha value is -2.62. The number of halogens is 1. The van der Waals surface area contributed by atoms with Crippen molar-refractivity contribution in [1.82, 2.24) is 4.90 Å². The highest BCUT2D eigenvalue weighted by Crippen LogP contribution is 2.26. The lowest BCUT2D eigenvalue weighted by molar-refractivity contribution is -0.00612. The maximum atomic E-state index is 13.9. The first-order chi connectivity index (χ1) is 11.7. The summed E-state index contributed by atoms with van der Waals surface area (Å²) in [5.41, 5.74) is -1.44. The van der Waals surface area contributed by atoms with Gasteiger partial charge in [0.2, 0.25) is 0 Å². The quantitative estimate of drug-likeness (QED) is 0.743. The lowest BCUT2D eigenvalue weighted by atomic mass is 10.0. The Kier molecular flexibility index (Phi) is 6.37. The van der Waals surface area contributed by atoms with E-state index in [-0.39, 0.29) is 5.56 Å². The maximum absolute atomic E-state index is 13.9. The normalized spacial score (nSPS) is 12.7. The van der Waals surface area contributed by atoms with Crippen molar-refractivity contribution in [1.29, 1.82) is 5.26 Å². The summed E-state index contributed by atoms with van der Waals surface area (Å²) in [6.45, 7) is 11.6. The molecule has 0 bridgehead atoms. The number of hydrogen-bond acceptors (Lipinski definition) is 5. The molecule has 1 unspecified atom stereocenters. The fourth-order valence-electron chi connectivity index (χ4n) is 2.04. The van der Waals surface area contributed by atoms with Crippen LogP contribution in [0, 0.1) is 17.1 Å². The van der Waals surface area contributed by atoms with Gasteiger partial charge >= 0.3 is 12.2 Å². The molecule has 1 aromatic carbocycles. The number of hydrogen-bond donors (Lipinski definition) is 0. The molecule has 7 heteroatoms. The summed E-state index contributed by atoms with van der Waals surface area (Å²) in [4.78, 5) is 25.9. The minimum atomic E-state index is -0.899. The zero-order valence-corrected chi connectivity index (χ0v) is 16.2. The second kappa shape index (κ2) is 7.73. The minimum absolute atomic E-state index is 0.123. The smallest absolute Gasteiger partial charge is 0.420 e. The van der Waals surface area contributed by atoms with Crippen molar-refractivity contribution in [2.24, 2.45) is 0 Å². The number of nitrogens with zero attached hydrogens (tertiary/aromatic N) is 2. The van der Waals surface area contributed by atoms with Gasteiger partial charge in [-0.1, -0.05) is 6.07 Å². The third-order valence-electron chi connectivity index (χ3n) is 3.16. The molecule has 0 aliphatic heterocycles. The number of ether oxygens (including phenoxy) is 2. The Bertz CT molecular complexity index is 699. The lowest BCUT2D eigenvalue weighted by Gasteiger charge is -2.32. The molecule has 0 aliphatic rings. The number of imide groups is 1. The van der Waals surface area contributed by atoms with E-state index in [1.54, 1.807) is 54.5 Å². The standard InChI is InChI=1S/C19H25FN2O4/c1-12(13-8-9-14(11-21)15(20)10-13)22(16(23)25-18(2,3)4)17(24)26-19(5,6)7/h8-10,12H,1-7H3. The number of carbonyl (C=O) groups excluding carboxylic acids is 2. The highest BCUT2D eigenvalue weighted by Gasteiger charge is 2.35. The Morgan fingerprint density at radius 3 is 1.88 bits per heavy atom. The van der Waals surface area contributed by atoms with Crippen LogP contribution in [0.15, 0.2) is 18.2 Å². The van der Waals surface area contributed by atoms with Crippen molar-refractivity contribution in [2.45, 2.75) is 65.7 Å². The van der Waals surface area contributed by atoms with Crippen LogP contribution in [-0.2, 0) is 9.47 Å². The van der Waals surface area contributed by atoms with Gasteiger partial charge in [0.1, 0.15) is 23.1 Å². The molecule has 26 heavy (non-hydrogen) atoms. The van der Waals surface area contributed by atoms with Gasteiger partial charge in [-0.2, -0.15) is 5.26 Å². The first-order valence-electron chi connectivity index (χ1n) is 8.20. The van der Waals surface area contributed by atoms with Crippen LogP contribution in [0.4, 0.5) is 14.0 Å². The molecule has 0 fully saturated rings. The number of carbonyl (C=O) groups is 2. The van der Waals surface area contributed by atoms with Gasteiger partial charge in [-0.05, 0) is 66.2 Å². The molecule has 1 aromatic rings. The van der Waals surface area contributed by atoms with E-state index in [0.717, 1.165) is 11.0 Å². The molecular weight excluding hydrogens is 339 g/mol. The molecule has 2 amide bonds. The van der Waals surface area contributed by atoms with E-state index in [1.807, 2.05) is 0 Å². The Morgan fingerprint density at radius 1 is 1.08 bits per heavy atom. The van der Waals surface area contributed by atoms with Crippen LogP contribution in [0.3, 0.4) is 0 Å². The average molecular weight is 364 g/mol. The second-order valence-corrected chi connectivity index (χ2v) is 7.86. The van der Waals surface area contributed by atoms with Gasteiger partial charge < -0.3 is 9.47 Å². The number of nitriles is 1. The molecule has 0 aromatic heterocycles. The molecule has 0 saturated carbocycles. The number of rotatable bonds is 2. The summed E-state index contributed by atoms with van der Waals surface area (Å²) in [7, 11) is 0. The van der Waals surface area contributed by atoms with E-state index in [9.17, 15) is 14.0 Å². The molecule has 1 rings (SSSR count).